The van der Waals surface area contributed by atoms with Crippen molar-refractivity contribution >= 4 is 23.4 Å². The summed E-state index contributed by atoms with van der Waals surface area (Å²) in [7, 11) is 0. The maximum atomic E-state index is 13.2. The van der Waals surface area contributed by atoms with E-state index in [1.807, 2.05) is 54.6 Å². The molecular weight excluding hydrogens is 452 g/mol. The lowest BCUT2D eigenvalue weighted by Crippen LogP contribution is -2.43. The van der Waals surface area contributed by atoms with Gasteiger partial charge in [0.2, 0.25) is 11.8 Å². The monoisotopic (exact) mass is 482 g/mol. The van der Waals surface area contributed by atoms with Crippen molar-refractivity contribution in [3.05, 3.63) is 102 Å². The summed E-state index contributed by atoms with van der Waals surface area (Å²) in [6.07, 6.45) is 1.01. The highest BCUT2D eigenvalue weighted by molar-refractivity contribution is 6.05. The number of hydrogen-bond donors (Lipinski definition) is 2. The number of carbonyl (C=O) groups is 3. The molecule has 0 spiro atoms. The number of carbonyl (C=O) groups excluding carboxylic acids is 3. The van der Waals surface area contributed by atoms with Gasteiger partial charge in [-0.05, 0) is 41.7 Å². The zero-order chi connectivity index (χ0) is 24.9. The lowest BCUT2D eigenvalue weighted by molar-refractivity contribution is -0.129. The zero-order valence-corrected chi connectivity index (χ0v) is 20.1. The van der Waals surface area contributed by atoms with E-state index in [-0.39, 0.29) is 24.3 Å². The van der Waals surface area contributed by atoms with Gasteiger partial charge >= 0.3 is 0 Å². The van der Waals surface area contributed by atoms with E-state index in [0.29, 0.717) is 30.1 Å². The first-order valence-electron chi connectivity index (χ1n) is 12.4. The summed E-state index contributed by atoms with van der Waals surface area (Å²) in [6.45, 7) is 2.63. The topological polar surface area (TPSA) is 81.8 Å². The Morgan fingerprint density at radius 1 is 0.861 bits per heavy atom. The van der Waals surface area contributed by atoms with Crippen molar-refractivity contribution in [1.29, 1.82) is 0 Å². The summed E-state index contributed by atoms with van der Waals surface area (Å²) >= 11 is 0. The van der Waals surface area contributed by atoms with Crippen LogP contribution in [0.3, 0.4) is 0 Å². The van der Waals surface area contributed by atoms with Crippen molar-refractivity contribution in [3.63, 3.8) is 0 Å². The van der Waals surface area contributed by atoms with Crippen molar-refractivity contribution in [2.24, 2.45) is 5.92 Å². The number of benzene rings is 3. The molecule has 2 aliphatic rings. The molecular formula is C29H30N4O3. The first kappa shape index (κ1) is 23.6. The molecule has 0 saturated carbocycles. The van der Waals surface area contributed by atoms with Gasteiger partial charge in [-0.1, -0.05) is 66.7 Å². The highest BCUT2D eigenvalue weighted by atomic mass is 16.2. The molecule has 2 N–H and O–H groups in total. The molecule has 0 aromatic heterocycles. The number of nitrogens with one attached hydrogen (secondary N) is 2. The van der Waals surface area contributed by atoms with Crippen LogP contribution in [-0.4, -0.2) is 48.8 Å². The maximum Gasteiger partial charge on any atom is 0.255 e. The minimum absolute atomic E-state index is 0.125. The predicted octanol–water partition coefficient (Wildman–Crippen LogP) is 3.14. The minimum atomic E-state index is -0.768. The summed E-state index contributed by atoms with van der Waals surface area (Å²) in [5, 5.41) is 5.72. The molecule has 36 heavy (non-hydrogen) atoms. The molecule has 7 heteroatoms. The third-order valence-corrected chi connectivity index (χ3v) is 6.92. The third-order valence-electron chi connectivity index (χ3n) is 6.92. The molecule has 0 aliphatic carbocycles. The highest BCUT2D eigenvalue weighted by Crippen LogP contribution is 2.35. The van der Waals surface area contributed by atoms with Crippen molar-refractivity contribution in [3.8, 4) is 0 Å². The predicted molar refractivity (Wildman–Crippen MR) is 138 cm³/mol. The normalized spacial score (nSPS) is 18.7. The molecule has 0 bridgehead atoms. The summed E-state index contributed by atoms with van der Waals surface area (Å²) in [5.41, 5.74) is 3.34. The summed E-state index contributed by atoms with van der Waals surface area (Å²) in [5.74, 6) is -0.391. The fraction of sp³-hybridized carbons (Fsp3) is 0.276. The van der Waals surface area contributed by atoms with E-state index in [1.165, 1.54) is 5.69 Å². The first-order chi connectivity index (χ1) is 17.6. The number of hydrogen-bond acceptors (Lipinski definition) is 4. The molecule has 0 radical (unpaired) electrons. The Hall–Kier alpha value is -4.13. The molecule has 1 saturated heterocycles. The van der Waals surface area contributed by atoms with Gasteiger partial charge in [-0.25, -0.2) is 0 Å². The van der Waals surface area contributed by atoms with Crippen LogP contribution >= 0.6 is 0 Å². The summed E-state index contributed by atoms with van der Waals surface area (Å²) in [4.78, 5) is 42.8. The second-order valence-corrected chi connectivity index (χ2v) is 9.37. The third kappa shape index (κ3) is 5.10. The van der Waals surface area contributed by atoms with E-state index in [0.717, 1.165) is 25.1 Å². The molecule has 3 amide bonds. The van der Waals surface area contributed by atoms with Crippen LogP contribution in [0.5, 0.6) is 0 Å². The Bertz CT molecular complexity index is 1230. The lowest BCUT2D eigenvalue weighted by Gasteiger charge is -2.24. The fourth-order valence-corrected chi connectivity index (χ4v) is 5.05. The summed E-state index contributed by atoms with van der Waals surface area (Å²) in [6, 6.07) is 26.3. The molecule has 0 unspecified atom stereocenters. The standard InChI is InChI=1S/C29H30N4O3/c34-26(30-17-22-15-16-32(19-22)23-11-5-2-6-12-23)18-31-28(35)27-24-13-7-8-14-25(24)29(36)33(27)20-21-9-3-1-4-10-21/h1-14,22,27H,15-20H2,(H,30,34)(H,31,35)/t22-,27+/m1/s1. The molecule has 2 aliphatic heterocycles. The van der Waals surface area contributed by atoms with E-state index in [1.54, 1.807) is 23.1 Å². The Labute approximate surface area is 211 Å². The van der Waals surface area contributed by atoms with Gasteiger partial charge < -0.3 is 20.4 Å². The molecule has 3 aromatic carbocycles. The van der Waals surface area contributed by atoms with Crippen LogP contribution in [0.4, 0.5) is 5.69 Å². The van der Waals surface area contributed by atoms with Crippen LogP contribution in [-0.2, 0) is 16.1 Å². The molecule has 184 valence electrons. The van der Waals surface area contributed by atoms with Crippen LogP contribution in [0, 0.1) is 5.92 Å². The van der Waals surface area contributed by atoms with Crippen LogP contribution < -0.4 is 15.5 Å². The number of nitrogens with zero attached hydrogens (tertiary/aromatic N) is 2. The number of rotatable bonds is 8. The summed E-state index contributed by atoms with van der Waals surface area (Å²) < 4.78 is 0. The number of anilines is 1. The second-order valence-electron chi connectivity index (χ2n) is 9.37. The highest BCUT2D eigenvalue weighted by Gasteiger charge is 2.40. The van der Waals surface area contributed by atoms with Gasteiger partial charge in [-0.2, -0.15) is 0 Å². The molecule has 1 fully saturated rings. The van der Waals surface area contributed by atoms with Gasteiger partial charge in [0.1, 0.15) is 6.04 Å². The molecule has 2 atom stereocenters. The average molecular weight is 483 g/mol. The van der Waals surface area contributed by atoms with Crippen molar-refractivity contribution in [2.75, 3.05) is 31.1 Å². The van der Waals surface area contributed by atoms with E-state index in [4.69, 9.17) is 0 Å². The SMILES string of the molecule is O=C(CNC(=O)[C@@H]1c2ccccc2C(=O)N1Cc1ccccc1)NC[C@H]1CCN(c2ccccc2)C1. The average Bonchev–Trinajstić information content (AvgIpc) is 3.50. The van der Waals surface area contributed by atoms with Crippen molar-refractivity contribution < 1.29 is 14.4 Å². The molecule has 2 heterocycles. The Morgan fingerprint density at radius 2 is 1.56 bits per heavy atom. The van der Waals surface area contributed by atoms with Gasteiger partial charge in [0.05, 0.1) is 6.54 Å². The van der Waals surface area contributed by atoms with Crippen LogP contribution in [0.2, 0.25) is 0 Å². The lowest BCUT2D eigenvalue weighted by atomic mass is 10.0. The van der Waals surface area contributed by atoms with Gasteiger partial charge in [0, 0.05) is 37.4 Å². The Morgan fingerprint density at radius 3 is 2.33 bits per heavy atom. The van der Waals surface area contributed by atoms with E-state index < -0.39 is 6.04 Å². The smallest absolute Gasteiger partial charge is 0.255 e. The molecule has 7 nitrogen and oxygen atoms in total. The second kappa shape index (κ2) is 10.6. The van der Waals surface area contributed by atoms with Crippen LogP contribution in [0.25, 0.3) is 0 Å². The van der Waals surface area contributed by atoms with E-state index in [2.05, 4.69) is 27.7 Å². The van der Waals surface area contributed by atoms with Gasteiger partial charge in [0.15, 0.2) is 0 Å². The van der Waals surface area contributed by atoms with Gasteiger partial charge in [-0.3, -0.25) is 14.4 Å². The van der Waals surface area contributed by atoms with Gasteiger partial charge in [0.25, 0.3) is 5.91 Å². The zero-order valence-electron chi connectivity index (χ0n) is 20.1. The Balaban J connectivity index is 1.16. The van der Waals surface area contributed by atoms with Crippen LogP contribution in [0.15, 0.2) is 84.9 Å². The van der Waals surface area contributed by atoms with E-state index in [9.17, 15) is 14.4 Å². The first-order valence-corrected chi connectivity index (χ1v) is 12.4. The van der Waals surface area contributed by atoms with E-state index >= 15 is 0 Å². The quantitative estimate of drug-likeness (QED) is 0.517. The number of para-hydroxylation sites is 1. The molecule has 3 aromatic rings. The molecule has 5 rings (SSSR count). The number of fused-ring (bicyclic) bond motifs is 1. The number of amides is 3. The maximum absolute atomic E-state index is 13.2. The Kier molecular flexibility index (Phi) is 6.98. The van der Waals surface area contributed by atoms with Crippen LogP contribution in [0.1, 0.15) is 33.9 Å². The largest absolute Gasteiger partial charge is 0.371 e. The van der Waals surface area contributed by atoms with Crippen molar-refractivity contribution in [1.82, 2.24) is 15.5 Å². The van der Waals surface area contributed by atoms with Crippen molar-refractivity contribution in [2.45, 2.75) is 19.0 Å². The van der Waals surface area contributed by atoms with Gasteiger partial charge in [-0.15, -0.1) is 0 Å². The fourth-order valence-electron chi connectivity index (χ4n) is 5.05. The minimum Gasteiger partial charge on any atom is -0.371 e.